The number of rotatable bonds is 3. The van der Waals surface area contributed by atoms with Gasteiger partial charge in [0.15, 0.2) is 0 Å². The number of hydrogen-bond acceptors (Lipinski definition) is 0. The topological polar surface area (TPSA) is 0 Å². The van der Waals surface area contributed by atoms with Gasteiger partial charge in [-0.15, -0.1) is 0 Å². The maximum Gasteiger partial charge on any atom is -0.0199 e. The molecule has 0 heterocycles. The summed E-state index contributed by atoms with van der Waals surface area (Å²) in [6.45, 7) is 17.2. The van der Waals surface area contributed by atoms with E-state index in [4.69, 9.17) is 0 Å². The molecular formula is C25H44. The maximum atomic E-state index is 2.70. The SMILES string of the molecule is CCCCC1C2CC(C(C)(C)C)CC2C=CC2CC(C(C)(C)C)CC21. The van der Waals surface area contributed by atoms with Crippen LogP contribution >= 0.6 is 0 Å². The number of fused-ring (bicyclic) bond motifs is 2. The minimum atomic E-state index is 0.484. The Morgan fingerprint density at radius 3 is 1.52 bits per heavy atom. The van der Waals surface area contributed by atoms with E-state index in [0.717, 1.165) is 41.4 Å². The molecule has 6 atom stereocenters. The zero-order chi connectivity index (χ0) is 18.4. The zero-order valence-corrected chi connectivity index (χ0v) is 18.1. The summed E-state index contributed by atoms with van der Waals surface area (Å²) >= 11 is 0. The van der Waals surface area contributed by atoms with Crippen molar-refractivity contribution < 1.29 is 0 Å². The summed E-state index contributed by atoms with van der Waals surface area (Å²) in [6, 6.07) is 0. The second-order valence-electron chi connectivity index (χ2n) is 11.9. The number of allylic oxidation sites excluding steroid dienone is 2. The van der Waals surface area contributed by atoms with E-state index in [-0.39, 0.29) is 0 Å². The minimum absolute atomic E-state index is 0.484. The van der Waals surface area contributed by atoms with Gasteiger partial charge in [-0.05, 0) is 84.4 Å². The Labute approximate surface area is 158 Å². The summed E-state index contributed by atoms with van der Waals surface area (Å²) in [5.41, 5.74) is 0.969. The van der Waals surface area contributed by atoms with Gasteiger partial charge in [-0.1, -0.05) is 73.5 Å². The first kappa shape index (κ1) is 19.5. The van der Waals surface area contributed by atoms with Gasteiger partial charge in [-0.2, -0.15) is 0 Å². The Morgan fingerprint density at radius 1 is 0.720 bits per heavy atom. The van der Waals surface area contributed by atoms with E-state index in [1.165, 1.54) is 44.9 Å². The van der Waals surface area contributed by atoms with Gasteiger partial charge in [0.2, 0.25) is 0 Å². The van der Waals surface area contributed by atoms with Crippen LogP contribution in [0.25, 0.3) is 0 Å². The molecule has 0 aliphatic heterocycles. The molecule has 2 fully saturated rings. The second kappa shape index (κ2) is 7.05. The fourth-order valence-electron chi connectivity index (χ4n) is 6.52. The van der Waals surface area contributed by atoms with Crippen LogP contribution in [0.2, 0.25) is 0 Å². The van der Waals surface area contributed by atoms with Crippen LogP contribution in [0.15, 0.2) is 12.2 Å². The minimum Gasteiger partial charge on any atom is -0.0848 e. The van der Waals surface area contributed by atoms with Crippen molar-refractivity contribution in [3.63, 3.8) is 0 Å². The molecule has 0 bridgehead atoms. The number of hydrogen-bond donors (Lipinski definition) is 0. The fourth-order valence-corrected chi connectivity index (χ4v) is 6.52. The van der Waals surface area contributed by atoms with Crippen LogP contribution < -0.4 is 0 Å². The molecule has 0 nitrogen and oxygen atoms in total. The van der Waals surface area contributed by atoms with Crippen LogP contribution in [0.5, 0.6) is 0 Å². The van der Waals surface area contributed by atoms with Crippen LogP contribution in [0, 0.1) is 52.3 Å². The molecular weight excluding hydrogens is 300 g/mol. The van der Waals surface area contributed by atoms with Gasteiger partial charge in [0.05, 0.1) is 0 Å². The molecule has 0 heteroatoms. The lowest BCUT2D eigenvalue weighted by Gasteiger charge is -2.34. The van der Waals surface area contributed by atoms with Crippen molar-refractivity contribution in [2.75, 3.05) is 0 Å². The fraction of sp³-hybridized carbons (Fsp3) is 0.920. The maximum absolute atomic E-state index is 2.70. The summed E-state index contributed by atoms with van der Waals surface area (Å²) in [6.07, 6.45) is 15.6. The Morgan fingerprint density at radius 2 is 1.16 bits per heavy atom. The lowest BCUT2D eigenvalue weighted by atomic mass is 9.71. The van der Waals surface area contributed by atoms with Gasteiger partial charge in [0, 0.05) is 0 Å². The average molecular weight is 345 g/mol. The van der Waals surface area contributed by atoms with Crippen molar-refractivity contribution in [3.8, 4) is 0 Å². The molecule has 0 radical (unpaired) electrons. The Bertz CT molecular complexity index is 431. The third kappa shape index (κ3) is 4.03. The summed E-state index contributed by atoms with van der Waals surface area (Å²) in [5, 5.41) is 0. The van der Waals surface area contributed by atoms with Crippen molar-refractivity contribution in [2.45, 2.75) is 93.4 Å². The molecule has 0 aromatic heterocycles. The molecule has 6 unspecified atom stereocenters. The molecule has 0 saturated heterocycles. The van der Waals surface area contributed by atoms with E-state index in [1.807, 2.05) is 0 Å². The van der Waals surface area contributed by atoms with E-state index >= 15 is 0 Å². The van der Waals surface area contributed by atoms with Gasteiger partial charge in [0.25, 0.3) is 0 Å². The summed E-state index contributed by atoms with van der Waals surface area (Å²) in [4.78, 5) is 0. The van der Waals surface area contributed by atoms with E-state index in [9.17, 15) is 0 Å². The van der Waals surface area contributed by atoms with Crippen molar-refractivity contribution in [1.29, 1.82) is 0 Å². The molecule has 0 aromatic carbocycles. The predicted molar refractivity (Wildman–Crippen MR) is 110 cm³/mol. The van der Waals surface area contributed by atoms with E-state index in [0.29, 0.717) is 10.8 Å². The van der Waals surface area contributed by atoms with Crippen molar-refractivity contribution in [1.82, 2.24) is 0 Å². The highest BCUT2D eigenvalue weighted by Gasteiger charge is 2.49. The highest BCUT2D eigenvalue weighted by Crippen LogP contribution is 2.58. The molecule has 2 saturated carbocycles. The highest BCUT2D eigenvalue weighted by atomic mass is 14.5. The van der Waals surface area contributed by atoms with Gasteiger partial charge in [0.1, 0.15) is 0 Å². The van der Waals surface area contributed by atoms with Crippen LogP contribution in [-0.2, 0) is 0 Å². The quantitative estimate of drug-likeness (QED) is 0.459. The van der Waals surface area contributed by atoms with Gasteiger partial charge in [-0.3, -0.25) is 0 Å². The molecule has 0 aromatic rings. The smallest absolute Gasteiger partial charge is 0.0199 e. The molecule has 144 valence electrons. The lowest BCUT2D eigenvalue weighted by molar-refractivity contribution is 0.152. The molecule has 3 rings (SSSR count). The van der Waals surface area contributed by atoms with Gasteiger partial charge >= 0.3 is 0 Å². The Hall–Kier alpha value is -0.260. The van der Waals surface area contributed by atoms with Crippen LogP contribution in [0.1, 0.15) is 93.4 Å². The summed E-state index contributed by atoms with van der Waals surface area (Å²) in [5.74, 6) is 6.54. The number of unbranched alkanes of at least 4 members (excludes halogenated alkanes) is 1. The molecule has 3 aliphatic carbocycles. The molecule has 3 aliphatic rings. The summed E-state index contributed by atoms with van der Waals surface area (Å²) in [7, 11) is 0. The highest BCUT2D eigenvalue weighted by molar-refractivity contribution is 5.11. The van der Waals surface area contributed by atoms with Gasteiger partial charge in [-0.25, -0.2) is 0 Å². The molecule has 0 spiro atoms. The zero-order valence-electron chi connectivity index (χ0n) is 18.1. The first-order valence-electron chi connectivity index (χ1n) is 11.3. The molecule has 0 amide bonds. The molecule has 25 heavy (non-hydrogen) atoms. The third-order valence-electron chi connectivity index (χ3n) is 8.37. The largest absolute Gasteiger partial charge is 0.0848 e. The average Bonchev–Trinajstić information content (AvgIpc) is 3.07. The van der Waals surface area contributed by atoms with E-state index < -0.39 is 0 Å². The van der Waals surface area contributed by atoms with Crippen LogP contribution in [-0.4, -0.2) is 0 Å². The van der Waals surface area contributed by atoms with Crippen molar-refractivity contribution in [3.05, 3.63) is 12.2 Å². The van der Waals surface area contributed by atoms with Crippen LogP contribution in [0.3, 0.4) is 0 Å². The molecule has 0 N–H and O–H groups in total. The lowest BCUT2D eigenvalue weighted by Crippen LogP contribution is -2.27. The Balaban J connectivity index is 1.84. The van der Waals surface area contributed by atoms with E-state index in [2.05, 4.69) is 60.6 Å². The first-order chi connectivity index (χ1) is 11.6. The normalized spacial score (nSPS) is 41.5. The van der Waals surface area contributed by atoms with E-state index in [1.54, 1.807) is 0 Å². The Kier molecular flexibility index (Phi) is 5.50. The monoisotopic (exact) mass is 344 g/mol. The second-order valence-corrected chi connectivity index (χ2v) is 11.9. The van der Waals surface area contributed by atoms with Crippen molar-refractivity contribution >= 4 is 0 Å². The van der Waals surface area contributed by atoms with Gasteiger partial charge < -0.3 is 0 Å². The third-order valence-corrected chi connectivity index (χ3v) is 8.37. The predicted octanol–water partition coefficient (Wildman–Crippen LogP) is 7.74. The standard InChI is InChI=1S/C25H44/c1-8-9-10-21-22-15-19(24(2,3)4)13-17(22)11-12-18-14-20(16-23(18)21)25(5,6)7/h11-12,17-23H,8-10,13-16H2,1-7H3. The van der Waals surface area contributed by atoms with Crippen LogP contribution in [0.4, 0.5) is 0 Å². The van der Waals surface area contributed by atoms with Crippen molar-refractivity contribution in [2.24, 2.45) is 52.3 Å². The first-order valence-corrected chi connectivity index (χ1v) is 11.3. The summed E-state index contributed by atoms with van der Waals surface area (Å²) < 4.78 is 0.